The lowest BCUT2D eigenvalue weighted by Gasteiger charge is -2.06. The second-order valence-corrected chi connectivity index (χ2v) is 10.2. The standard InChI is InChI=1S/C31H61NO/c1-3-5-7-9-11-13-15-16-17-18-19-21-23-25-27-29-31(33)32-30-28-26-24-22-20-14-12-10-8-6-4-2/h16-17H,3-15,18-30H2,1-2H3,(H,32,33)/b17-16-. The molecule has 0 unspecified atom stereocenters. The Balaban J connectivity index is 3.19. The second-order valence-electron chi connectivity index (χ2n) is 10.2. The molecule has 0 aliphatic carbocycles. The first-order chi connectivity index (χ1) is 16.3. The van der Waals surface area contributed by atoms with Crippen LogP contribution in [0.2, 0.25) is 0 Å². The lowest BCUT2D eigenvalue weighted by atomic mass is 10.1. The van der Waals surface area contributed by atoms with Gasteiger partial charge in [-0.05, 0) is 38.5 Å². The van der Waals surface area contributed by atoms with Gasteiger partial charge in [-0.1, -0.05) is 142 Å². The minimum atomic E-state index is 0.264. The van der Waals surface area contributed by atoms with Crippen LogP contribution < -0.4 is 5.32 Å². The summed E-state index contributed by atoms with van der Waals surface area (Å²) in [5.41, 5.74) is 0. The molecule has 0 aliphatic rings. The normalized spacial score (nSPS) is 11.5. The van der Waals surface area contributed by atoms with Crippen LogP contribution in [0.4, 0.5) is 0 Å². The van der Waals surface area contributed by atoms with Crippen LogP contribution in [0.25, 0.3) is 0 Å². The van der Waals surface area contributed by atoms with Crippen molar-refractivity contribution in [2.75, 3.05) is 6.54 Å². The number of rotatable bonds is 27. The Kier molecular flexibility index (Phi) is 28.5. The van der Waals surface area contributed by atoms with Gasteiger partial charge in [-0.15, -0.1) is 0 Å². The summed E-state index contributed by atoms with van der Waals surface area (Å²) in [5.74, 6) is 0.264. The zero-order chi connectivity index (χ0) is 24.1. The predicted octanol–water partition coefficient (Wildman–Crippen LogP) is 10.5. The molecule has 0 bridgehead atoms. The number of hydrogen-bond acceptors (Lipinski definition) is 1. The molecule has 0 radical (unpaired) electrons. The average Bonchev–Trinajstić information content (AvgIpc) is 2.82. The van der Waals surface area contributed by atoms with Crippen LogP contribution in [0, 0.1) is 0 Å². The zero-order valence-electron chi connectivity index (χ0n) is 22.9. The van der Waals surface area contributed by atoms with Crippen molar-refractivity contribution in [2.24, 2.45) is 0 Å². The van der Waals surface area contributed by atoms with Crippen LogP contribution in [0.15, 0.2) is 12.2 Å². The van der Waals surface area contributed by atoms with Crippen LogP contribution in [0.1, 0.15) is 174 Å². The SMILES string of the molecule is CCCCCCCC/C=C\CCCCCCCC(=O)NCCCCCCCCCCCCC. The molecule has 0 aromatic heterocycles. The molecular weight excluding hydrogens is 402 g/mol. The quantitative estimate of drug-likeness (QED) is 0.0952. The second kappa shape index (κ2) is 29.2. The molecule has 0 atom stereocenters. The van der Waals surface area contributed by atoms with Gasteiger partial charge in [-0.3, -0.25) is 4.79 Å². The Morgan fingerprint density at radius 2 is 0.848 bits per heavy atom. The Labute approximate surface area is 209 Å². The highest BCUT2D eigenvalue weighted by Gasteiger charge is 2.00. The molecule has 0 saturated carbocycles. The lowest BCUT2D eigenvalue weighted by Crippen LogP contribution is -2.23. The zero-order valence-corrected chi connectivity index (χ0v) is 22.9. The van der Waals surface area contributed by atoms with Gasteiger partial charge in [-0.25, -0.2) is 0 Å². The number of hydrogen-bond donors (Lipinski definition) is 1. The number of nitrogens with one attached hydrogen (secondary N) is 1. The maximum atomic E-state index is 11.9. The highest BCUT2D eigenvalue weighted by molar-refractivity contribution is 5.75. The minimum Gasteiger partial charge on any atom is -0.356 e. The summed E-state index contributed by atoms with van der Waals surface area (Å²) in [6, 6.07) is 0. The van der Waals surface area contributed by atoms with E-state index in [1.807, 2.05) is 0 Å². The summed E-state index contributed by atoms with van der Waals surface area (Å²) in [7, 11) is 0. The molecule has 0 aromatic carbocycles. The first-order valence-electron chi connectivity index (χ1n) is 15.2. The summed E-state index contributed by atoms with van der Waals surface area (Å²) in [5, 5.41) is 3.11. The Morgan fingerprint density at radius 1 is 0.485 bits per heavy atom. The highest BCUT2D eigenvalue weighted by Crippen LogP contribution is 2.12. The molecule has 2 heteroatoms. The molecule has 33 heavy (non-hydrogen) atoms. The van der Waals surface area contributed by atoms with E-state index in [4.69, 9.17) is 0 Å². The summed E-state index contributed by atoms with van der Waals surface area (Å²) in [6.45, 7) is 5.43. The summed E-state index contributed by atoms with van der Waals surface area (Å²) in [6.07, 6.45) is 37.4. The first-order valence-corrected chi connectivity index (χ1v) is 15.2. The summed E-state index contributed by atoms with van der Waals surface area (Å²) in [4.78, 5) is 11.9. The predicted molar refractivity (Wildman–Crippen MR) is 149 cm³/mol. The van der Waals surface area contributed by atoms with Crippen molar-refractivity contribution in [2.45, 2.75) is 174 Å². The summed E-state index contributed by atoms with van der Waals surface area (Å²) >= 11 is 0. The number of unbranched alkanes of at least 4 members (excludes halogenated alkanes) is 21. The fraction of sp³-hybridized carbons (Fsp3) is 0.903. The molecule has 1 amide bonds. The van der Waals surface area contributed by atoms with Crippen LogP contribution in [-0.2, 0) is 4.79 Å². The van der Waals surface area contributed by atoms with E-state index < -0.39 is 0 Å². The Morgan fingerprint density at radius 3 is 1.30 bits per heavy atom. The van der Waals surface area contributed by atoms with E-state index in [0.29, 0.717) is 0 Å². The van der Waals surface area contributed by atoms with Crippen LogP contribution >= 0.6 is 0 Å². The number of carbonyl (C=O) groups excluding carboxylic acids is 1. The molecule has 0 heterocycles. The van der Waals surface area contributed by atoms with Gasteiger partial charge >= 0.3 is 0 Å². The van der Waals surface area contributed by atoms with E-state index >= 15 is 0 Å². The molecule has 0 rings (SSSR count). The van der Waals surface area contributed by atoms with Crippen molar-refractivity contribution in [1.82, 2.24) is 5.32 Å². The fourth-order valence-corrected chi connectivity index (χ4v) is 4.46. The Hall–Kier alpha value is -0.790. The van der Waals surface area contributed by atoms with E-state index in [0.717, 1.165) is 25.8 Å². The van der Waals surface area contributed by atoms with Gasteiger partial charge in [0, 0.05) is 13.0 Å². The highest BCUT2D eigenvalue weighted by atomic mass is 16.1. The van der Waals surface area contributed by atoms with Gasteiger partial charge in [0.25, 0.3) is 0 Å². The smallest absolute Gasteiger partial charge is 0.219 e. The van der Waals surface area contributed by atoms with E-state index in [1.54, 1.807) is 0 Å². The van der Waals surface area contributed by atoms with Crippen molar-refractivity contribution in [3.8, 4) is 0 Å². The topological polar surface area (TPSA) is 29.1 Å². The average molecular weight is 464 g/mol. The molecule has 0 aromatic rings. The van der Waals surface area contributed by atoms with E-state index in [-0.39, 0.29) is 5.91 Å². The van der Waals surface area contributed by atoms with E-state index in [2.05, 4.69) is 31.3 Å². The Bertz CT molecular complexity index is 404. The third-order valence-corrected chi connectivity index (χ3v) is 6.77. The summed E-state index contributed by atoms with van der Waals surface area (Å²) < 4.78 is 0. The lowest BCUT2D eigenvalue weighted by molar-refractivity contribution is -0.121. The van der Waals surface area contributed by atoms with Gasteiger partial charge in [0.1, 0.15) is 0 Å². The van der Waals surface area contributed by atoms with Crippen LogP contribution in [-0.4, -0.2) is 12.5 Å². The monoisotopic (exact) mass is 463 g/mol. The maximum Gasteiger partial charge on any atom is 0.219 e. The van der Waals surface area contributed by atoms with Gasteiger partial charge in [0.2, 0.25) is 5.91 Å². The van der Waals surface area contributed by atoms with Gasteiger partial charge in [0.15, 0.2) is 0 Å². The fourth-order valence-electron chi connectivity index (χ4n) is 4.46. The molecule has 0 fully saturated rings. The van der Waals surface area contributed by atoms with Gasteiger partial charge in [0.05, 0.1) is 0 Å². The van der Waals surface area contributed by atoms with Crippen LogP contribution in [0.3, 0.4) is 0 Å². The molecule has 0 saturated heterocycles. The van der Waals surface area contributed by atoms with Crippen molar-refractivity contribution in [3.63, 3.8) is 0 Å². The number of carbonyl (C=O) groups is 1. The van der Waals surface area contributed by atoms with E-state index in [9.17, 15) is 4.79 Å². The van der Waals surface area contributed by atoms with E-state index in [1.165, 1.54) is 141 Å². The molecule has 0 spiro atoms. The molecule has 0 aliphatic heterocycles. The van der Waals surface area contributed by atoms with Gasteiger partial charge in [-0.2, -0.15) is 0 Å². The van der Waals surface area contributed by atoms with Crippen molar-refractivity contribution in [3.05, 3.63) is 12.2 Å². The molecule has 1 N–H and O–H groups in total. The molecule has 2 nitrogen and oxygen atoms in total. The molecule has 196 valence electrons. The van der Waals surface area contributed by atoms with Crippen molar-refractivity contribution in [1.29, 1.82) is 0 Å². The third-order valence-electron chi connectivity index (χ3n) is 6.77. The van der Waals surface area contributed by atoms with Crippen LogP contribution in [0.5, 0.6) is 0 Å². The maximum absolute atomic E-state index is 11.9. The van der Waals surface area contributed by atoms with Crippen molar-refractivity contribution >= 4 is 5.91 Å². The number of allylic oxidation sites excluding steroid dienone is 2. The van der Waals surface area contributed by atoms with Crippen molar-refractivity contribution < 1.29 is 4.79 Å². The first kappa shape index (κ1) is 32.2. The third kappa shape index (κ3) is 29.2. The van der Waals surface area contributed by atoms with Gasteiger partial charge < -0.3 is 5.32 Å². The minimum absolute atomic E-state index is 0.264. The molecular formula is C31H61NO. The largest absolute Gasteiger partial charge is 0.356 e. The number of amides is 1.